The Morgan fingerprint density at radius 2 is 1.46 bits per heavy atom. The third kappa shape index (κ3) is 2.64. The van der Waals surface area contributed by atoms with Crippen molar-refractivity contribution in [2.24, 2.45) is 0 Å². The third-order valence-electron chi connectivity index (χ3n) is 0.787. The SMILES string of the molecule is C#COC(=O)P(=O)(O)C(=O)OC#C. The Morgan fingerprint density at radius 1 is 1.15 bits per heavy atom. The molecule has 0 aliphatic heterocycles. The Balaban J connectivity index is 4.70. The zero-order valence-electron chi connectivity index (χ0n) is 6.09. The average Bonchev–Trinajstić information content (AvgIpc) is 2.05. The van der Waals surface area contributed by atoms with Crippen LogP contribution in [0.5, 0.6) is 0 Å². The molecule has 0 unspecified atom stereocenters. The molecule has 0 heterocycles. The summed E-state index contributed by atoms with van der Waals surface area (Å²) in [5.41, 5.74) is -3.54. The van der Waals surface area contributed by atoms with Gasteiger partial charge in [-0.25, -0.2) is 9.59 Å². The summed E-state index contributed by atoms with van der Waals surface area (Å²) < 4.78 is 18.2. The van der Waals surface area contributed by atoms with E-state index in [4.69, 9.17) is 4.89 Å². The lowest BCUT2D eigenvalue weighted by atomic mass is 11.2. The minimum atomic E-state index is -4.91. The molecule has 0 fully saturated rings. The summed E-state index contributed by atoms with van der Waals surface area (Å²) in [4.78, 5) is 29.8. The van der Waals surface area contributed by atoms with E-state index in [1.165, 1.54) is 12.2 Å². The molecular formula is C6H3O6P. The largest absolute Gasteiger partial charge is 0.416 e. The van der Waals surface area contributed by atoms with Gasteiger partial charge in [-0.05, 0) is 0 Å². The van der Waals surface area contributed by atoms with Gasteiger partial charge in [0.2, 0.25) is 0 Å². The van der Waals surface area contributed by atoms with Gasteiger partial charge in [-0.1, -0.05) is 12.8 Å². The van der Waals surface area contributed by atoms with Gasteiger partial charge in [0.25, 0.3) is 0 Å². The summed E-state index contributed by atoms with van der Waals surface area (Å²) in [7, 11) is -4.91. The second-order valence-corrected chi connectivity index (χ2v) is 3.43. The fraction of sp³-hybridized carbons (Fsp3) is 0. The van der Waals surface area contributed by atoms with E-state index in [9.17, 15) is 14.2 Å². The predicted octanol–water partition coefficient (Wildman–Crippen LogP) is 0.711. The molecule has 0 aromatic heterocycles. The van der Waals surface area contributed by atoms with Crippen LogP contribution in [0.15, 0.2) is 0 Å². The molecule has 68 valence electrons. The summed E-state index contributed by atoms with van der Waals surface area (Å²) >= 11 is 0. The molecule has 0 rings (SSSR count). The Kier molecular flexibility index (Phi) is 3.74. The molecule has 0 aliphatic carbocycles. The molecule has 0 radical (unpaired) electrons. The van der Waals surface area contributed by atoms with E-state index >= 15 is 0 Å². The third-order valence-corrected chi connectivity index (χ3v) is 1.96. The van der Waals surface area contributed by atoms with Crippen molar-refractivity contribution in [3.8, 4) is 25.1 Å². The number of ether oxygens (including phenoxy) is 2. The Morgan fingerprint density at radius 3 is 1.69 bits per heavy atom. The summed E-state index contributed by atoms with van der Waals surface area (Å²) in [5, 5.41) is 0. The highest BCUT2D eigenvalue weighted by Crippen LogP contribution is 2.44. The Labute approximate surface area is 73.3 Å². The second-order valence-electron chi connectivity index (χ2n) is 1.55. The van der Waals surface area contributed by atoms with E-state index < -0.39 is 18.8 Å². The van der Waals surface area contributed by atoms with E-state index in [0.29, 0.717) is 0 Å². The molecule has 0 amide bonds. The van der Waals surface area contributed by atoms with E-state index in [1.807, 2.05) is 0 Å². The maximum absolute atomic E-state index is 10.8. The lowest BCUT2D eigenvalue weighted by Gasteiger charge is -2.02. The number of hydrogen-bond acceptors (Lipinski definition) is 5. The van der Waals surface area contributed by atoms with Crippen molar-refractivity contribution in [2.75, 3.05) is 0 Å². The molecule has 0 atom stereocenters. The maximum atomic E-state index is 10.8. The first-order valence-corrected chi connectivity index (χ1v) is 4.29. The summed E-state index contributed by atoms with van der Waals surface area (Å²) in [6.07, 6.45) is 11.6. The molecule has 0 aliphatic rings. The number of carbonyl (C=O) groups excluding carboxylic acids is 2. The quantitative estimate of drug-likeness (QED) is 0.523. The number of carbonyl (C=O) groups is 2. The highest BCUT2D eigenvalue weighted by molar-refractivity contribution is 7.88. The molecule has 1 N–H and O–H groups in total. The van der Waals surface area contributed by atoms with E-state index in [0.717, 1.165) is 0 Å². The van der Waals surface area contributed by atoms with Gasteiger partial charge in [0, 0.05) is 0 Å². The van der Waals surface area contributed by atoms with Gasteiger partial charge >= 0.3 is 18.8 Å². The molecule has 0 saturated carbocycles. The molecule has 0 aromatic rings. The number of terminal acetylenes is 2. The zero-order valence-corrected chi connectivity index (χ0v) is 6.98. The van der Waals surface area contributed by atoms with Crippen molar-refractivity contribution < 1.29 is 28.5 Å². The van der Waals surface area contributed by atoms with Crippen LogP contribution in [0.2, 0.25) is 0 Å². The molecule has 0 aromatic carbocycles. The number of rotatable bonds is 2. The van der Waals surface area contributed by atoms with Gasteiger partial charge in [-0.3, -0.25) is 4.57 Å². The lowest BCUT2D eigenvalue weighted by molar-refractivity contribution is 0.202. The van der Waals surface area contributed by atoms with Gasteiger partial charge in [-0.2, -0.15) is 0 Å². The van der Waals surface area contributed by atoms with Gasteiger partial charge in [0.15, 0.2) is 0 Å². The van der Waals surface area contributed by atoms with Crippen LogP contribution >= 0.6 is 7.37 Å². The van der Waals surface area contributed by atoms with Gasteiger partial charge < -0.3 is 14.4 Å². The van der Waals surface area contributed by atoms with E-state index in [1.54, 1.807) is 0 Å². The molecule has 0 bridgehead atoms. The maximum Gasteiger partial charge on any atom is 0.416 e. The molecule has 6 nitrogen and oxygen atoms in total. The van der Waals surface area contributed by atoms with Crippen molar-refractivity contribution in [2.45, 2.75) is 0 Å². The zero-order chi connectivity index (χ0) is 10.5. The first-order chi connectivity index (χ1) is 5.96. The van der Waals surface area contributed by atoms with Gasteiger partial charge in [0.1, 0.15) is 12.2 Å². The van der Waals surface area contributed by atoms with Crippen molar-refractivity contribution >= 4 is 18.8 Å². The van der Waals surface area contributed by atoms with Gasteiger partial charge in [0.05, 0.1) is 0 Å². The minimum Gasteiger partial charge on any atom is -0.365 e. The predicted molar refractivity (Wildman–Crippen MR) is 40.5 cm³/mol. The van der Waals surface area contributed by atoms with Crippen LogP contribution in [0, 0.1) is 25.1 Å². The van der Waals surface area contributed by atoms with Crippen molar-refractivity contribution in [3.05, 3.63) is 0 Å². The second kappa shape index (κ2) is 4.32. The van der Waals surface area contributed by atoms with Crippen LogP contribution in [0.3, 0.4) is 0 Å². The standard InChI is InChI=1S/C6H3O6P/c1-3-11-5(7)13(9,10)6(8)12-4-2/h1-2H,(H,9,10). The van der Waals surface area contributed by atoms with Crippen LogP contribution in [-0.4, -0.2) is 16.3 Å². The fourth-order valence-electron chi connectivity index (χ4n) is 0.299. The smallest absolute Gasteiger partial charge is 0.365 e. The molecular weight excluding hydrogens is 199 g/mol. The number of hydrogen-bond donors (Lipinski definition) is 1. The topological polar surface area (TPSA) is 89.9 Å². The summed E-state index contributed by atoms with van der Waals surface area (Å²) in [6, 6.07) is 0. The van der Waals surface area contributed by atoms with E-state index in [-0.39, 0.29) is 0 Å². The molecule has 0 saturated heterocycles. The molecule has 0 spiro atoms. The van der Waals surface area contributed by atoms with Crippen molar-refractivity contribution in [1.82, 2.24) is 0 Å². The Bertz CT molecular complexity index is 324. The first-order valence-electron chi connectivity index (χ1n) is 2.63. The van der Waals surface area contributed by atoms with Crippen LogP contribution in [0.25, 0.3) is 0 Å². The van der Waals surface area contributed by atoms with Crippen LogP contribution in [0.1, 0.15) is 0 Å². The van der Waals surface area contributed by atoms with Crippen LogP contribution < -0.4 is 0 Å². The lowest BCUT2D eigenvalue weighted by Crippen LogP contribution is -2.08. The van der Waals surface area contributed by atoms with Crippen LogP contribution in [-0.2, 0) is 14.0 Å². The molecule has 13 heavy (non-hydrogen) atoms. The van der Waals surface area contributed by atoms with Crippen molar-refractivity contribution in [3.63, 3.8) is 0 Å². The summed E-state index contributed by atoms with van der Waals surface area (Å²) in [6.45, 7) is 0. The monoisotopic (exact) mass is 202 g/mol. The fourth-order valence-corrected chi connectivity index (χ4v) is 0.801. The Hall–Kier alpha value is -1.75. The first kappa shape index (κ1) is 11.2. The highest BCUT2D eigenvalue weighted by atomic mass is 31.2. The average molecular weight is 202 g/mol. The van der Waals surface area contributed by atoms with Crippen LogP contribution in [0.4, 0.5) is 9.59 Å². The minimum absolute atomic E-state index is 1.33. The molecule has 7 heteroatoms. The summed E-state index contributed by atoms with van der Waals surface area (Å²) in [5.74, 6) is 0. The van der Waals surface area contributed by atoms with Gasteiger partial charge in [-0.15, -0.1) is 0 Å². The van der Waals surface area contributed by atoms with Crippen molar-refractivity contribution in [1.29, 1.82) is 0 Å². The van der Waals surface area contributed by atoms with E-state index in [2.05, 4.69) is 22.3 Å². The highest BCUT2D eigenvalue weighted by Gasteiger charge is 2.42. The normalized spacial score (nSPS) is 9.15.